The van der Waals surface area contributed by atoms with Crippen molar-refractivity contribution in [2.75, 3.05) is 13.1 Å². The molecular formula is C31H36N6O3. The maximum absolute atomic E-state index is 13.4. The summed E-state index contributed by atoms with van der Waals surface area (Å²) >= 11 is 0. The largest absolute Gasteiger partial charge is 0.468 e. The predicted octanol–water partition coefficient (Wildman–Crippen LogP) is 4.34. The Hall–Kier alpha value is -4.24. The smallest absolute Gasteiger partial charge is 0.263 e. The Morgan fingerprint density at radius 2 is 1.85 bits per heavy atom. The molecule has 0 unspecified atom stereocenters. The second-order valence-corrected chi connectivity index (χ2v) is 10.5. The van der Waals surface area contributed by atoms with Crippen molar-refractivity contribution in [1.82, 2.24) is 29.4 Å². The Labute approximate surface area is 233 Å². The summed E-state index contributed by atoms with van der Waals surface area (Å²) in [5, 5.41) is 12.4. The highest BCUT2D eigenvalue weighted by Gasteiger charge is 2.18. The van der Waals surface area contributed by atoms with Crippen molar-refractivity contribution in [3.8, 4) is 0 Å². The van der Waals surface area contributed by atoms with Crippen LogP contribution in [0.5, 0.6) is 0 Å². The third-order valence-electron chi connectivity index (χ3n) is 7.23. The van der Waals surface area contributed by atoms with Gasteiger partial charge in [-0.1, -0.05) is 42.0 Å². The van der Waals surface area contributed by atoms with E-state index in [0.717, 1.165) is 41.9 Å². The Morgan fingerprint density at radius 3 is 2.60 bits per heavy atom. The van der Waals surface area contributed by atoms with E-state index < -0.39 is 0 Å². The highest BCUT2D eigenvalue weighted by Crippen LogP contribution is 2.17. The molecule has 9 heteroatoms. The van der Waals surface area contributed by atoms with Crippen molar-refractivity contribution in [2.24, 2.45) is 0 Å². The number of benzene rings is 2. The summed E-state index contributed by atoms with van der Waals surface area (Å²) in [5.74, 6) is 2.04. The molecule has 5 aromatic rings. The monoisotopic (exact) mass is 540 g/mol. The number of amides is 1. The van der Waals surface area contributed by atoms with Gasteiger partial charge in [0.15, 0.2) is 0 Å². The molecule has 9 nitrogen and oxygen atoms in total. The van der Waals surface area contributed by atoms with Crippen molar-refractivity contribution in [2.45, 2.75) is 59.2 Å². The quantitative estimate of drug-likeness (QED) is 0.237. The first-order valence-corrected chi connectivity index (χ1v) is 13.8. The Kier molecular flexibility index (Phi) is 8.40. The van der Waals surface area contributed by atoms with E-state index in [1.165, 1.54) is 0 Å². The van der Waals surface area contributed by atoms with Crippen molar-refractivity contribution in [3.63, 3.8) is 0 Å². The number of aryl methyl sites for hydroxylation is 2. The Balaban J connectivity index is 1.25. The summed E-state index contributed by atoms with van der Waals surface area (Å²) in [4.78, 5) is 28.5. The van der Waals surface area contributed by atoms with Crippen molar-refractivity contribution in [3.05, 3.63) is 100.0 Å². The van der Waals surface area contributed by atoms with Crippen LogP contribution in [0.3, 0.4) is 0 Å². The van der Waals surface area contributed by atoms with Crippen LogP contribution in [-0.2, 0) is 24.3 Å². The van der Waals surface area contributed by atoms with Crippen LogP contribution in [0, 0.1) is 6.92 Å². The number of carbonyl (C=O) groups excluding carboxylic acids is 1. The van der Waals surface area contributed by atoms with Gasteiger partial charge in [0.1, 0.15) is 11.6 Å². The summed E-state index contributed by atoms with van der Waals surface area (Å²) in [6.07, 6.45) is 3.23. The van der Waals surface area contributed by atoms with E-state index in [4.69, 9.17) is 4.42 Å². The van der Waals surface area contributed by atoms with Crippen LogP contribution >= 0.6 is 0 Å². The third kappa shape index (κ3) is 6.15. The van der Waals surface area contributed by atoms with Crippen LogP contribution in [0.2, 0.25) is 0 Å². The number of carbonyl (C=O) groups is 1. The lowest BCUT2D eigenvalue weighted by Gasteiger charge is -2.25. The van der Waals surface area contributed by atoms with Crippen LogP contribution in [0.4, 0.5) is 0 Å². The van der Waals surface area contributed by atoms with E-state index in [1.54, 1.807) is 10.8 Å². The first kappa shape index (κ1) is 27.3. The maximum atomic E-state index is 13.4. The lowest BCUT2D eigenvalue weighted by Crippen LogP contribution is -2.34. The molecule has 0 radical (unpaired) electrons. The van der Waals surface area contributed by atoms with Gasteiger partial charge >= 0.3 is 0 Å². The molecule has 0 aliphatic heterocycles. The molecular weight excluding hydrogens is 504 g/mol. The molecule has 3 heterocycles. The molecule has 0 spiro atoms. The van der Waals surface area contributed by atoms with Gasteiger partial charge in [0.05, 0.1) is 30.3 Å². The van der Waals surface area contributed by atoms with Gasteiger partial charge in [-0.15, -0.1) is 10.2 Å². The van der Waals surface area contributed by atoms with Gasteiger partial charge in [0.2, 0.25) is 11.7 Å². The molecule has 1 N–H and O–H groups in total. The number of fused-ring (bicyclic) bond motifs is 3. The number of hydrogen-bond donors (Lipinski definition) is 1. The van der Waals surface area contributed by atoms with E-state index in [2.05, 4.69) is 34.3 Å². The van der Waals surface area contributed by atoms with Gasteiger partial charge in [0, 0.05) is 32.0 Å². The number of para-hydroxylation sites is 1. The molecule has 5 rings (SSSR count). The van der Waals surface area contributed by atoms with Gasteiger partial charge in [0.25, 0.3) is 5.56 Å². The number of nitrogens with zero attached hydrogens (tertiary/aromatic N) is 5. The molecule has 0 saturated heterocycles. The minimum absolute atomic E-state index is 0.0313. The van der Waals surface area contributed by atoms with E-state index in [-0.39, 0.29) is 17.9 Å². The first-order chi connectivity index (χ1) is 19.4. The molecule has 1 amide bonds. The minimum atomic E-state index is -0.108. The summed E-state index contributed by atoms with van der Waals surface area (Å²) in [6, 6.07) is 19.8. The maximum Gasteiger partial charge on any atom is 0.263 e. The lowest BCUT2D eigenvalue weighted by atomic mass is 10.1. The van der Waals surface area contributed by atoms with Crippen LogP contribution in [0.15, 0.2) is 76.1 Å². The second kappa shape index (κ2) is 12.3. The zero-order valence-electron chi connectivity index (χ0n) is 23.3. The van der Waals surface area contributed by atoms with Gasteiger partial charge in [-0.05, 0) is 57.0 Å². The first-order valence-electron chi connectivity index (χ1n) is 13.8. The summed E-state index contributed by atoms with van der Waals surface area (Å²) in [7, 11) is 0. The van der Waals surface area contributed by atoms with E-state index in [9.17, 15) is 9.59 Å². The SMILES string of the molecule is Cc1ccc(Cn2c(=O)c3ccccc3n3c(CCC(=O)NCCCN(Cc4ccco4)C(C)C)nnc23)cc1. The molecule has 0 atom stereocenters. The zero-order chi connectivity index (χ0) is 28.1. The zero-order valence-corrected chi connectivity index (χ0v) is 23.3. The third-order valence-corrected chi connectivity index (χ3v) is 7.23. The highest BCUT2D eigenvalue weighted by molar-refractivity contribution is 5.80. The average molecular weight is 541 g/mol. The number of aromatic nitrogens is 4. The molecule has 2 aromatic carbocycles. The fraction of sp³-hybridized carbons (Fsp3) is 0.355. The number of hydrogen-bond acceptors (Lipinski definition) is 6. The molecule has 208 valence electrons. The van der Waals surface area contributed by atoms with Gasteiger partial charge in [-0.2, -0.15) is 0 Å². The van der Waals surface area contributed by atoms with Crippen LogP contribution < -0.4 is 10.9 Å². The number of nitrogens with one attached hydrogen (secondary N) is 1. The standard InChI is InChI=1S/C31H36N6O3/c1-22(2)35(21-25-8-6-19-40-25)18-7-17-32-29(38)16-15-28-33-34-31-36(20-24-13-11-23(3)12-14-24)30(39)26-9-4-5-10-27(26)37(28)31/h4-6,8-14,19,22H,7,15-18,20-21H2,1-3H3,(H,32,38). The highest BCUT2D eigenvalue weighted by atomic mass is 16.3. The number of furan rings is 1. The minimum Gasteiger partial charge on any atom is -0.468 e. The van der Waals surface area contributed by atoms with Crippen LogP contribution in [0.1, 0.15) is 49.4 Å². The second-order valence-electron chi connectivity index (χ2n) is 10.5. The normalized spacial score (nSPS) is 11.7. The van der Waals surface area contributed by atoms with Crippen molar-refractivity contribution >= 4 is 22.6 Å². The molecule has 0 bridgehead atoms. The fourth-order valence-electron chi connectivity index (χ4n) is 4.94. The van der Waals surface area contributed by atoms with E-state index in [1.807, 2.05) is 72.0 Å². The van der Waals surface area contributed by atoms with Crippen LogP contribution in [0.25, 0.3) is 16.7 Å². The summed E-state index contributed by atoms with van der Waals surface area (Å²) in [6.45, 7) is 8.95. The molecule has 0 aliphatic rings. The summed E-state index contributed by atoms with van der Waals surface area (Å²) in [5.41, 5.74) is 2.80. The molecule has 0 aliphatic carbocycles. The van der Waals surface area contributed by atoms with Gasteiger partial charge < -0.3 is 9.73 Å². The van der Waals surface area contributed by atoms with Crippen molar-refractivity contribution in [1.29, 1.82) is 0 Å². The fourth-order valence-corrected chi connectivity index (χ4v) is 4.94. The summed E-state index contributed by atoms with van der Waals surface area (Å²) < 4.78 is 9.06. The van der Waals surface area contributed by atoms with Crippen LogP contribution in [-0.4, -0.2) is 49.1 Å². The topological polar surface area (TPSA) is 97.7 Å². The van der Waals surface area contributed by atoms with E-state index in [0.29, 0.717) is 42.5 Å². The predicted molar refractivity (Wildman–Crippen MR) is 155 cm³/mol. The lowest BCUT2D eigenvalue weighted by molar-refractivity contribution is -0.121. The molecule has 0 fully saturated rings. The average Bonchev–Trinajstić information content (AvgIpc) is 3.63. The molecule has 3 aromatic heterocycles. The Morgan fingerprint density at radius 1 is 1.05 bits per heavy atom. The van der Waals surface area contributed by atoms with Gasteiger partial charge in [-0.3, -0.25) is 23.5 Å². The molecule has 40 heavy (non-hydrogen) atoms. The Bertz CT molecular complexity index is 1630. The number of rotatable bonds is 12. The van der Waals surface area contributed by atoms with Gasteiger partial charge in [-0.25, -0.2) is 0 Å². The molecule has 0 saturated carbocycles. The van der Waals surface area contributed by atoms with Crippen molar-refractivity contribution < 1.29 is 9.21 Å². The van der Waals surface area contributed by atoms with E-state index >= 15 is 0 Å².